The number of ether oxygens (including phenoxy) is 2. The van der Waals surface area contributed by atoms with Crippen LogP contribution in [-0.2, 0) is 23.1 Å². The Kier molecular flexibility index (Phi) is 5.38. The SMILES string of the molecule is Cc1ccc(NC[C@@H]2CO[C@@]3(COCCN(Cc4nccn4C)C3)C2)nn1. The first-order valence-corrected chi connectivity index (χ1v) is 9.56. The third-order valence-corrected chi connectivity index (χ3v) is 5.37. The van der Waals surface area contributed by atoms with Crippen molar-refractivity contribution in [2.45, 2.75) is 25.5 Å². The minimum atomic E-state index is -0.229. The van der Waals surface area contributed by atoms with E-state index in [-0.39, 0.29) is 5.60 Å². The van der Waals surface area contributed by atoms with Crippen LogP contribution in [0.4, 0.5) is 5.82 Å². The summed E-state index contributed by atoms with van der Waals surface area (Å²) < 4.78 is 14.3. The molecule has 2 aromatic heterocycles. The third-order valence-electron chi connectivity index (χ3n) is 5.37. The smallest absolute Gasteiger partial charge is 0.148 e. The highest BCUT2D eigenvalue weighted by atomic mass is 16.5. The fourth-order valence-electron chi connectivity index (χ4n) is 3.89. The predicted octanol–water partition coefficient (Wildman–Crippen LogP) is 1.24. The van der Waals surface area contributed by atoms with Gasteiger partial charge >= 0.3 is 0 Å². The minimum absolute atomic E-state index is 0.229. The first kappa shape index (κ1) is 18.3. The maximum absolute atomic E-state index is 6.29. The zero-order valence-electron chi connectivity index (χ0n) is 16.1. The number of aryl methyl sites for hydroxylation is 2. The van der Waals surface area contributed by atoms with Crippen LogP contribution in [0.3, 0.4) is 0 Å². The number of nitrogens with zero attached hydrogens (tertiary/aromatic N) is 5. The maximum atomic E-state index is 6.29. The van der Waals surface area contributed by atoms with Crippen molar-refractivity contribution in [3.63, 3.8) is 0 Å². The molecule has 27 heavy (non-hydrogen) atoms. The second kappa shape index (κ2) is 7.92. The first-order chi connectivity index (χ1) is 13.1. The summed E-state index contributed by atoms with van der Waals surface area (Å²) in [5.41, 5.74) is 0.694. The molecule has 0 unspecified atom stereocenters. The maximum Gasteiger partial charge on any atom is 0.148 e. The number of hydrogen-bond acceptors (Lipinski definition) is 7. The van der Waals surface area contributed by atoms with Gasteiger partial charge in [0.25, 0.3) is 0 Å². The molecule has 2 aliphatic heterocycles. The zero-order valence-corrected chi connectivity index (χ0v) is 16.1. The Morgan fingerprint density at radius 3 is 3.04 bits per heavy atom. The molecule has 1 N–H and O–H groups in total. The van der Waals surface area contributed by atoms with Crippen molar-refractivity contribution in [2.24, 2.45) is 13.0 Å². The molecule has 0 saturated carbocycles. The van der Waals surface area contributed by atoms with E-state index in [0.29, 0.717) is 12.5 Å². The van der Waals surface area contributed by atoms with Crippen LogP contribution in [0, 0.1) is 12.8 Å². The molecule has 2 atom stereocenters. The van der Waals surface area contributed by atoms with Gasteiger partial charge in [-0.2, -0.15) is 5.10 Å². The van der Waals surface area contributed by atoms with E-state index in [2.05, 4.69) is 30.0 Å². The number of hydrogen-bond donors (Lipinski definition) is 1. The fourth-order valence-corrected chi connectivity index (χ4v) is 3.89. The van der Waals surface area contributed by atoms with Crippen LogP contribution in [-0.4, -0.2) is 69.7 Å². The summed E-state index contributed by atoms with van der Waals surface area (Å²) in [6.45, 7) is 7.50. The zero-order chi connectivity index (χ0) is 18.7. The second-order valence-corrected chi connectivity index (χ2v) is 7.72. The Morgan fingerprint density at radius 2 is 2.26 bits per heavy atom. The molecule has 2 fully saturated rings. The van der Waals surface area contributed by atoms with E-state index in [4.69, 9.17) is 9.47 Å². The van der Waals surface area contributed by atoms with Crippen LogP contribution < -0.4 is 5.32 Å². The van der Waals surface area contributed by atoms with Crippen molar-refractivity contribution in [3.05, 3.63) is 36.0 Å². The highest BCUT2D eigenvalue weighted by Crippen LogP contribution is 2.33. The fraction of sp³-hybridized carbons (Fsp3) is 0.632. The molecule has 2 saturated heterocycles. The summed E-state index contributed by atoms with van der Waals surface area (Å²) >= 11 is 0. The Balaban J connectivity index is 1.34. The van der Waals surface area contributed by atoms with Crippen molar-refractivity contribution >= 4 is 5.82 Å². The number of aromatic nitrogens is 4. The molecular formula is C19H28N6O2. The van der Waals surface area contributed by atoms with Crippen LogP contribution in [0.2, 0.25) is 0 Å². The van der Waals surface area contributed by atoms with Crippen LogP contribution in [0.15, 0.2) is 24.5 Å². The van der Waals surface area contributed by atoms with Gasteiger partial charge in [0.05, 0.1) is 32.1 Å². The Bertz CT molecular complexity index is 749. The normalized spacial score (nSPS) is 26.4. The first-order valence-electron chi connectivity index (χ1n) is 9.56. The number of rotatable bonds is 5. The van der Waals surface area contributed by atoms with Crippen LogP contribution in [0.5, 0.6) is 0 Å². The van der Waals surface area contributed by atoms with E-state index >= 15 is 0 Å². The number of anilines is 1. The average molecular weight is 372 g/mol. The standard InChI is InChI=1S/C19H28N6O2/c1-15-3-4-17(23-22-15)21-10-16-9-19(27-12-16)13-25(7-8-26-14-19)11-18-20-5-6-24(18)2/h3-6,16H,7-14H2,1-2H3,(H,21,23)/t16-,19+/m1/s1. The van der Waals surface area contributed by atoms with Gasteiger partial charge in [0.2, 0.25) is 0 Å². The van der Waals surface area contributed by atoms with Crippen molar-refractivity contribution in [1.29, 1.82) is 0 Å². The Labute approximate surface area is 159 Å². The molecule has 8 heteroatoms. The monoisotopic (exact) mass is 372 g/mol. The Hall–Kier alpha value is -2.03. The quantitative estimate of drug-likeness (QED) is 0.846. The second-order valence-electron chi connectivity index (χ2n) is 7.72. The lowest BCUT2D eigenvalue weighted by Crippen LogP contribution is -2.44. The van der Waals surface area contributed by atoms with Crippen molar-refractivity contribution in [3.8, 4) is 0 Å². The molecule has 1 spiro atoms. The van der Waals surface area contributed by atoms with Gasteiger partial charge in [0, 0.05) is 45.0 Å². The van der Waals surface area contributed by atoms with Crippen molar-refractivity contribution in [1.82, 2.24) is 24.6 Å². The lowest BCUT2D eigenvalue weighted by atomic mass is 9.94. The van der Waals surface area contributed by atoms with E-state index in [9.17, 15) is 0 Å². The molecule has 146 valence electrons. The summed E-state index contributed by atoms with van der Waals surface area (Å²) in [5, 5.41) is 11.7. The minimum Gasteiger partial charge on any atom is -0.377 e. The summed E-state index contributed by atoms with van der Waals surface area (Å²) in [5.74, 6) is 2.32. The molecular weight excluding hydrogens is 344 g/mol. The highest BCUT2D eigenvalue weighted by molar-refractivity contribution is 5.32. The predicted molar refractivity (Wildman–Crippen MR) is 101 cm³/mol. The third kappa shape index (κ3) is 4.45. The van der Waals surface area contributed by atoms with Crippen molar-refractivity contribution < 1.29 is 9.47 Å². The van der Waals surface area contributed by atoms with Crippen LogP contribution in [0.1, 0.15) is 17.9 Å². The van der Waals surface area contributed by atoms with Gasteiger partial charge in [-0.15, -0.1) is 5.10 Å². The molecule has 0 aromatic carbocycles. The molecule has 0 aliphatic carbocycles. The lowest BCUT2D eigenvalue weighted by molar-refractivity contribution is -0.0564. The molecule has 2 aliphatic rings. The van der Waals surface area contributed by atoms with Gasteiger partial charge < -0.3 is 19.4 Å². The van der Waals surface area contributed by atoms with Gasteiger partial charge in [-0.05, 0) is 25.5 Å². The molecule has 2 aromatic rings. The van der Waals surface area contributed by atoms with Gasteiger partial charge in [-0.3, -0.25) is 4.90 Å². The van der Waals surface area contributed by atoms with E-state index in [0.717, 1.165) is 63.1 Å². The molecule has 0 bridgehead atoms. The Morgan fingerprint density at radius 1 is 1.33 bits per heavy atom. The molecule has 8 nitrogen and oxygen atoms in total. The number of nitrogens with one attached hydrogen (secondary N) is 1. The number of imidazole rings is 1. The largest absolute Gasteiger partial charge is 0.377 e. The molecule has 4 heterocycles. The molecule has 4 rings (SSSR count). The average Bonchev–Trinajstić information content (AvgIpc) is 3.18. The van der Waals surface area contributed by atoms with Gasteiger partial charge in [-0.1, -0.05) is 0 Å². The molecule has 0 amide bonds. The summed E-state index contributed by atoms with van der Waals surface area (Å²) in [7, 11) is 2.04. The lowest BCUT2D eigenvalue weighted by Gasteiger charge is -2.31. The van der Waals surface area contributed by atoms with Crippen LogP contribution in [0.25, 0.3) is 0 Å². The van der Waals surface area contributed by atoms with Crippen LogP contribution >= 0.6 is 0 Å². The molecule has 0 radical (unpaired) electrons. The topological polar surface area (TPSA) is 77.3 Å². The summed E-state index contributed by atoms with van der Waals surface area (Å²) in [4.78, 5) is 6.86. The van der Waals surface area contributed by atoms with E-state index in [1.54, 1.807) is 0 Å². The van der Waals surface area contributed by atoms with Gasteiger partial charge in [0.15, 0.2) is 0 Å². The van der Waals surface area contributed by atoms with E-state index < -0.39 is 0 Å². The van der Waals surface area contributed by atoms with E-state index in [1.807, 2.05) is 38.5 Å². The summed E-state index contributed by atoms with van der Waals surface area (Å²) in [6, 6.07) is 3.94. The van der Waals surface area contributed by atoms with E-state index in [1.165, 1.54) is 0 Å². The van der Waals surface area contributed by atoms with Gasteiger partial charge in [-0.25, -0.2) is 4.98 Å². The highest BCUT2D eigenvalue weighted by Gasteiger charge is 2.43. The van der Waals surface area contributed by atoms with Crippen molar-refractivity contribution in [2.75, 3.05) is 44.8 Å². The van der Waals surface area contributed by atoms with Gasteiger partial charge in [0.1, 0.15) is 17.2 Å². The summed E-state index contributed by atoms with van der Waals surface area (Å²) in [6.07, 6.45) is 4.82.